The van der Waals surface area contributed by atoms with E-state index < -0.39 is 0 Å². The third-order valence-electron chi connectivity index (χ3n) is 2.63. The van der Waals surface area contributed by atoms with Crippen LogP contribution in [0.1, 0.15) is 11.3 Å². The number of rotatable bonds is 1. The second-order valence-corrected chi connectivity index (χ2v) is 4.43. The van der Waals surface area contributed by atoms with E-state index in [0.717, 1.165) is 17.7 Å². The van der Waals surface area contributed by atoms with E-state index in [4.69, 9.17) is 4.74 Å². The summed E-state index contributed by atoms with van der Waals surface area (Å²) in [5, 5.41) is 3.95. The first-order valence-electron chi connectivity index (χ1n) is 5.07. The van der Waals surface area contributed by atoms with Gasteiger partial charge in [0.25, 0.3) is 5.56 Å². The van der Waals surface area contributed by atoms with Crippen molar-refractivity contribution in [2.24, 2.45) is 0 Å². The van der Waals surface area contributed by atoms with Crippen LogP contribution in [0.3, 0.4) is 0 Å². The Hall–Kier alpha value is -1.46. The molecule has 1 aliphatic rings. The smallest absolute Gasteiger partial charge is 0.256 e. The van der Waals surface area contributed by atoms with Crippen molar-refractivity contribution in [1.29, 1.82) is 0 Å². The van der Waals surface area contributed by atoms with Gasteiger partial charge in [0.05, 0.1) is 24.5 Å². The standard InChI is InChI=1S/C11H10N2O2S/c14-11-8-5-15-3-1-9(8)12-10(13-11)7-2-4-16-6-7/h2,4,6H,1,3,5H2,(H,12,13,14). The lowest BCUT2D eigenvalue weighted by molar-refractivity contribution is 0.108. The van der Waals surface area contributed by atoms with Crippen LogP contribution < -0.4 is 5.56 Å². The number of fused-ring (bicyclic) bond motifs is 1. The zero-order chi connectivity index (χ0) is 11.0. The molecule has 16 heavy (non-hydrogen) atoms. The Bertz CT molecular complexity index is 560. The molecule has 0 bridgehead atoms. The third-order valence-corrected chi connectivity index (χ3v) is 3.31. The highest BCUT2D eigenvalue weighted by Crippen LogP contribution is 2.19. The summed E-state index contributed by atoms with van der Waals surface area (Å²) < 4.78 is 5.25. The van der Waals surface area contributed by atoms with Crippen molar-refractivity contribution in [3.05, 3.63) is 38.4 Å². The molecule has 82 valence electrons. The van der Waals surface area contributed by atoms with Gasteiger partial charge in [-0.15, -0.1) is 0 Å². The maximum Gasteiger partial charge on any atom is 0.256 e. The number of hydrogen-bond donors (Lipinski definition) is 1. The first-order chi connectivity index (χ1) is 7.84. The van der Waals surface area contributed by atoms with E-state index >= 15 is 0 Å². The van der Waals surface area contributed by atoms with E-state index in [-0.39, 0.29) is 5.56 Å². The van der Waals surface area contributed by atoms with E-state index in [1.807, 2.05) is 16.8 Å². The number of aromatic amines is 1. The first-order valence-corrected chi connectivity index (χ1v) is 6.01. The van der Waals surface area contributed by atoms with Crippen molar-refractivity contribution in [3.63, 3.8) is 0 Å². The van der Waals surface area contributed by atoms with E-state index in [2.05, 4.69) is 9.97 Å². The minimum Gasteiger partial charge on any atom is -0.376 e. The van der Waals surface area contributed by atoms with Crippen LogP contribution in [0.25, 0.3) is 11.4 Å². The van der Waals surface area contributed by atoms with Crippen molar-refractivity contribution < 1.29 is 4.74 Å². The largest absolute Gasteiger partial charge is 0.376 e. The van der Waals surface area contributed by atoms with E-state index in [9.17, 15) is 4.79 Å². The fourth-order valence-corrected chi connectivity index (χ4v) is 2.42. The molecule has 0 radical (unpaired) electrons. The van der Waals surface area contributed by atoms with Crippen molar-refractivity contribution in [3.8, 4) is 11.4 Å². The average molecular weight is 234 g/mol. The molecule has 0 atom stereocenters. The molecule has 3 heterocycles. The molecule has 5 heteroatoms. The second-order valence-electron chi connectivity index (χ2n) is 3.65. The van der Waals surface area contributed by atoms with Crippen molar-refractivity contribution >= 4 is 11.3 Å². The van der Waals surface area contributed by atoms with Crippen molar-refractivity contribution in [1.82, 2.24) is 9.97 Å². The predicted molar refractivity (Wildman–Crippen MR) is 61.5 cm³/mol. The van der Waals surface area contributed by atoms with Crippen LogP contribution in [0.4, 0.5) is 0 Å². The van der Waals surface area contributed by atoms with Crippen LogP contribution in [0.5, 0.6) is 0 Å². The lowest BCUT2D eigenvalue weighted by Gasteiger charge is -2.14. The van der Waals surface area contributed by atoms with Gasteiger partial charge in [0.2, 0.25) is 0 Å². The summed E-state index contributed by atoms with van der Waals surface area (Å²) in [6, 6.07) is 1.95. The van der Waals surface area contributed by atoms with E-state index in [0.29, 0.717) is 24.6 Å². The molecule has 0 fully saturated rings. The van der Waals surface area contributed by atoms with Gasteiger partial charge in [-0.25, -0.2) is 4.98 Å². The Morgan fingerprint density at radius 1 is 1.50 bits per heavy atom. The predicted octanol–water partition coefficient (Wildman–Crippen LogP) is 1.57. The third kappa shape index (κ3) is 1.58. The highest BCUT2D eigenvalue weighted by molar-refractivity contribution is 7.08. The SMILES string of the molecule is O=c1[nH]c(-c2ccsc2)nc2c1COCC2. The quantitative estimate of drug-likeness (QED) is 0.815. The van der Waals surface area contributed by atoms with Crippen LogP contribution >= 0.6 is 11.3 Å². The Balaban J connectivity index is 2.16. The number of thiophene rings is 1. The highest BCUT2D eigenvalue weighted by Gasteiger charge is 2.16. The van der Waals surface area contributed by atoms with Crippen LogP contribution in [0.15, 0.2) is 21.6 Å². The van der Waals surface area contributed by atoms with E-state index in [1.165, 1.54) is 0 Å². The number of aromatic nitrogens is 2. The summed E-state index contributed by atoms with van der Waals surface area (Å²) in [5.74, 6) is 0.659. The molecule has 4 nitrogen and oxygen atoms in total. The molecule has 0 saturated carbocycles. The van der Waals surface area contributed by atoms with Gasteiger partial charge in [0.1, 0.15) is 5.82 Å². The zero-order valence-electron chi connectivity index (χ0n) is 8.53. The maximum absolute atomic E-state index is 11.8. The molecular formula is C11H10N2O2S. The number of nitrogens with one attached hydrogen (secondary N) is 1. The number of H-pyrrole nitrogens is 1. The lowest BCUT2D eigenvalue weighted by Crippen LogP contribution is -2.24. The number of ether oxygens (including phenoxy) is 1. The van der Waals surface area contributed by atoms with Gasteiger partial charge in [-0.05, 0) is 11.4 Å². The Kier molecular flexibility index (Phi) is 2.34. The number of nitrogens with zero attached hydrogens (tertiary/aromatic N) is 1. The molecule has 0 spiro atoms. The molecule has 0 aromatic carbocycles. The second kappa shape index (κ2) is 3.84. The Morgan fingerprint density at radius 2 is 2.44 bits per heavy atom. The molecule has 2 aromatic rings. The fraction of sp³-hybridized carbons (Fsp3) is 0.273. The molecule has 0 amide bonds. The first kappa shape index (κ1) is 9.74. The lowest BCUT2D eigenvalue weighted by atomic mass is 10.1. The van der Waals surface area contributed by atoms with Gasteiger partial charge < -0.3 is 9.72 Å². The summed E-state index contributed by atoms with van der Waals surface area (Å²) in [6.07, 6.45) is 0.719. The minimum atomic E-state index is -0.0779. The monoisotopic (exact) mass is 234 g/mol. The van der Waals surface area contributed by atoms with Crippen molar-refractivity contribution in [2.45, 2.75) is 13.0 Å². The van der Waals surface area contributed by atoms with Gasteiger partial charge in [0, 0.05) is 17.4 Å². The molecule has 3 rings (SSSR count). The molecule has 2 aromatic heterocycles. The normalized spacial score (nSPS) is 14.8. The summed E-state index contributed by atoms with van der Waals surface area (Å²) in [5.41, 5.74) is 2.43. The van der Waals surface area contributed by atoms with Crippen LogP contribution in [-0.2, 0) is 17.8 Å². The molecule has 0 aliphatic carbocycles. The molecule has 0 unspecified atom stereocenters. The summed E-state index contributed by atoms with van der Waals surface area (Å²) in [4.78, 5) is 19.1. The topological polar surface area (TPSA) is 55.0 Å². The van der Waals surface area contributed by atoms with Gasteiger partial charge in [-0.1, -0.05) is 0 Å². The summed E-state index contributed by atoms with van der Waals surface area (Å²) in [7, 11) is 0. The van der Waals surface area contributed by atoms with E-state index in [1.54, 1.807) is 11.3 Å². The van der Waals surface area contributed by atoms with Crippen LogP contribution in [0.2, 0.25) is 0 Å². The molecular weight excluding hydrogens is 224 g/mol. The van der Waals surface area contributed by atoms with Gasteiger partial charge in [-0.2, -0.15) is 11.3 Å². The Labute approximate surface area is 95.9 Å². The van der Waals surface area contributed by atoms with Gasteiger partial charge in [-0.3, -0.25) is 4.79 Å². The maximum atomic E-state index is 11.8. The highest BCUT2D eigenvalue weighted by atomic mass is 32.1. The Morgan fingerprint density at radius 3 is 3.25 bits per heavy atom. The number of hydrogen-bond acceptors (Lipinski definition) is 4. The minimum absolute atomic E-state index is 0.0779. The van der Waals surface area contributed by atoms with Gasteiger partial charge in [0.15, 0.2) is 0 Å². The summed E-state index contributed by atoms with van der Waals surface area (Å²) in [6.45, 7) is 1.02. The van der Waals surface area contributed by atoms with Crippen LogP contribution in [0, 0.1) is 0 Å². The van der Waals surface area contributed by atoms with Gasteiger partial charge >= 0.3 is 0 Å². The molecule has 1 N–H and O–H groups in total. The average Bonchev–Trinajstić information content (AvgIpc) is 2.82. The van der Waals surface area contributed by atoms with Crippen LogP contribution in [-0.4, -0.2) is 16.6 Å². The summed E-state index contributed by atoms with van der Waals surface area (Å²) >= 11 is 1.59. The van der Waals surface area contributed by atoms with Crippen molar-refractivity contribution in [2.75, 3.05) is 6.61 Å². The molecule has 1 aliphatic heterocycles. The molecule has 0 saturated heterocycles. The fourth-order valence-electron chi connectivity index (χ4n) is 1.78. The zero-order valence-corrected chi connectivity index (χ0v) is 9.34.